The topological polar surface area (TPSA) is 170 Å². The van der Waals surface area contributed by atoms with E-state index in [-0.39, 0.29) is 28.0 Å². The van der Waals surface area contributed by atoms with Gasteiger partial charge in [-0.2, -0.15) is 0 Å². The molecule has 3 aromatic rings. The van der Waals surface area contributed by atoms with Gasteiger partial charge in [0.2, 0.25) is 6.29 Å². The lowest BCUT2D eigenvalue weighted by Crippen LogP contribution is -2.56. The third kappa shape index (κ3) is 4.24. The number of phenolic OH excluding ortho intramolecular Hbond substituents is 3. The summed E-state index contributed by atoms with van der Waals surface area (Å²) in [6.45, 7) is 1.49. The van der Waals surface area contributed by atoms with Crippen LogP contribution in [0.3, 0.4) is 0 Å². The molecule has 0 aliphatic carbocycles. The Hall–Kier alpha value is -3.57. The Morgan fingerprint density at radius 1 is 0.970 bits per heavy atom. The van der Waals surface area contributed by atoms with Crippen LogP contribution in [-0.2, 0) is 9.47 Å². The molecule has 4 rings (SSSR count). The average molecular weight is 458 g/mol. The number of aliphatic hydroxyl groups excluding tert-OH is 3. The van der Waals surface area contributed by atoms with Gasteiger partial charge in [-0.1, -0.05) is 0 Å². The molecule has 2 heterocycles. The van der Waals surface area contributed by atoms with Gasteiger partial charge in [0.1, 0.15) is 52.3 Å². The van der Waals surface area contributed by atoms with Crippen LogP contribution >= 0.6 is 0 Å². The van der Waals surface area contributed by atoms with Crippen LogP contribution < -0.4 is 5.43 Å². The molecule has 10 nitrogen and oxygen atoms in total. The standard InChI is InChI=1S/C23H22O10/c1-10-19(27)21(29)22(30)23(32-10)31-7-6-13-14(25)8-17-18(20(13)28)15(26)9-16(33-17)11-2-4-12(24)5-3-11/h2-10,19,21-25,27-30H,1H3. The molecule has 2 aromatic carbocycles. The molecule has 33 heavy (non-hydrogen) atoms. The monoisotopic (exact) mass is 458 g/mol. The zero-order chi connectivity index (χ0) is 23.9. The highest BCUT2D eigenvalue weighted by Gasteiger charge is 2.42. The molecule has 0 radical (unpaired) electrons. The molecule has 5 atom stereocenters. The fourth-order valence-electron chi connectivity index (χ4n) is 3.55. The molecule has 1 aliphatic rings. The van der Waals surface area contributed by atoms with E-state index in [1.165, 1.54) is 25.1 Å². The Balaban J connectivity index is 1.64. The van der Waals surface area contributed by atoms with Crippen LogP contribution in [0.25, 0.3) is 28.4 Å². The first kappa shape index (κ1) is 22.6. The van der Waals surface area contributed by atoms with Crippen LogP contribution in [0, 0.1) is 0 Å². The zero-order valence-corrected chi connectivity index (χ0v) is 17.3. The van der Waals surface area contributed by atoms with E-state index >= 15 is 0 Å². The average Bonchev–Trinajstić information content (AvgIpc) is 2.77. The molecule has 0 bridgehead atoms. The number of benzene rings is 2. The highest BCUT2D eigenvalue weighted by molar-refractivity contribution is 5.90. The normalized spacial score (nSPS) is 25.5. The maximum Gasteiger partial charge on any atom is 0.228 e. The molecule has 1 aromatic heterocycles. The van der Waals surface area contributed by atoms with Crippen LogP contribution in [0.1, 0.15) is 12.5 Å². The number of hydrogen-bond acceptors (Lipinski definition) is 10. The maximum absolute atomic E-state index is 12.7. The van der Waals surface area contributed by atoms with Crippen molar-refractivity contribution in [2.75, 3.05) is 0 Å². The molecule has 6 N–H and O–H groups in total. The van der Waals surface area contributed by atoms with Gasteiger partial charge in [-0.3, -0.25) is 4.79 Å². The second kappa shape index (κ2) is 8.75. The predicted octanol–water partition coefficient (Wildman–Crippen LogP) is 1.39. The summed E-state index contributed by atoms with van der Waals surface area (Å²) in [6, 6.07) is 8.29. The zero-order valence-electron chi connectivity index (χ0n) is 17.3. The quantitative estimate of drug-likeness (QED) is 0.314. The van der Waals surface area contributed by atoms with Gasteiger partial charge in [-0.05, 0) is 37.3 Å². The van der Waals surface area contributed by atoms with Crippen LogP contribution in [0.15, 0.2) is 51.9 Å². The van der Waals surface area contributed by atoms with E-state index in [0.29, 0.717) is 5.56 Å². The van der Waals surface area contributed by atoms with Crippen molar-refractivity contribution in [1.82, 2.24) is 0 Å². The highest BCUT2D eigenvalue weighted by atomic mass is 16.7. The largest absolute Gasteiger partial charge is 0.508 e. The summed E-state index contributed by atoms with van der Waals surface area (Å²) in [5.41, 5.74) is -0.262. The number of aromatic hydroxyl groups is 3. The minimum absolute atomic E-state index is 0.0436. The van der Waals surface area contributed by atoms with Gasteiger partial charge in [-0.15, -0.1) is 0 Å². The van der Waals surface area contributed by atoms with E-state index in [9.17, 15) is 35.4 Å². The molecule has 0 spiro atoms. The number of hydrogen-bond donors (Lipinski definition) is 6. The number of phenols is 3. The Bertz CT molecular complexity index is 1250. The van der Waals surface area contributed by atoms with Crippen molar-refractivity contribution in [2.45, 2.75) is 37.6 Å². The molecule has 10 heteroatoms. The molecule has 1 aliphatic heterocycles. The molecule has 174 valence electrons. The highest BCUT2D eigenvalue weighted by Crippen LogP contribution is 2.36. The summed E-state index contributed by atoms with van der Waals surface area (Å²) in [5.74, 6) is -0.747. The summed E-state index contributed by atoms with van der Waals surface area (Å²) >= 11 is 0. The Morgan fingerprint density at radius 2 is 1.67 bits per heavy atom. The van der Waals surface area contributed by atoms with E-state index in [0.717, 1.165) is 18.4 Å². The van der Waals surface area contributed by atoms with Gasteiger partial charge in [0.25, 0.3) is 0 Å². The molecule has 5 unspecified atom stereocenters. The minimum Gasteiger partial charge on any atom is -0.508 e. The fourth-order valence-corrected chi connectivity index (χ4v) is 3.55. The summed E-state index contributed by atoms with van der Waals surface area (Å²) in [4.78, 5) is 12.7. The summed E-state index contributed by atoms with van der Waals surface area (Å²) in [6.07, 6.45) is -4.27. The number of aliphatic hydroxyl groups is 3. The molecule has 1 saturated heterocycles. The van der Waals surface area contributed by atoms with Gasteiger partial charge in [0, 0.05) is 17.7 Å². The molecule has 0 amide bonds. The van der Waals surface area contributed by atoms with Crippen LogP contribution in [-0.4, -0.2) is 61.3 Å². The van der Waals surface area contributed by atoms with Crippen molar-refractivity contribution < 1.29 is 44.5 Å². The maximum atomic E-state index is 12.7. The summed E-state index contributed by atoms with van der Waals surface area (Å²) < 4.78 is 16.2. The fraction of sp³-hybridized carbons (Fsp3) is 0.261. The first-order valence-corrected chi connectivity index (χ1v) is 10.0. The van der Waals surface area contributed by atoms with E-state index in [1.807, 2.05) is 0 Å². The van der Waals surface area contributed by atoms with E-state index in [1.54, 1.807) is 12.1 Å². The van der Waals surface area contributed by atoms with E-state index in [2.05, 4.69) is 0 Å². The number of fused-ring (bicyclic) bond motifs is 1. The first-order valence-electron chi connectivity index (χ1n) is 10.0. The minimum atomic E-state index is -1.54. The first-order chi connectivity index (χ1) is 15.7. The van der Waals surface area contributed by atoms with Gasteiger partial charge < -0.3 is 44.5 Å². The van der Waals surface area contributed by atoms with Crippen molar-refractivity contribution in [2.24, 2.45) is 0 Å². The Labute approximate surface area is 186 Å². The summed E-state index contributed by atoms with van der Waals surface area (Å²) in [7, 11) is 0. The smallest absolute Gasteiger partial charge is 0.228 e. The van der Waals surface area contributed by atoms with Crippen molar-refractivity contribution in [3.63, 3.8) is 0 Å². The number of rotatable bonds is 4. The predicted molar refractivity (Wildman–Crippen MR) is 115 cm³/mol. The third-order valence-electron chi connectivity index (χ3n) is 5.42. The molecular weight excluding hydrogens is 436 g/mol. The van der Waals surface area contributed by atoms with Crippen molar-refractivity contribution in [1.29, 1.82) is 0 Å². The van der Waals surface area contributed by atoms with Crippen LogP contribution in [0.5, 0.6) is 17.2 Å². The lowest BCUT2D eigenvalue weighted by atomic mass is 10.0. The molecular formula is C23H22O10. The third-order valence-corrected chi connectivity index (χ3v) is 5.42. The van der Waals surface area contributed by atoms with Crippen LogP contribution in [0.2, 0.25) is 0 Å². The van der Waals surface area contributed by atoms with Gasteiger partial charge in [-0.25, -0.2) is 0 Å². The van der Waals surface area contributed by atoms with E-state index < -0.39 is 47.6 Å². The van der Waals surface area contributed by atoms with Gasteiger partial charge in [0.05, 0.1) is 17.9 Å². The molecule has 1 fully saturated rings. The number of ether oxygens (including phenoxy) is 2. The van der Waals surface area contributed by atoms with E-state index in [4.69, 9.17) is 13.9 Å². The lowest BCUT2D eigenvalue weighted by Gasteiger charge is -2.38. The Morgan fingerprint density at radius 3 is 2.36 bits per heavy atom. The second-order valence-corrected chi connectivity index (χ2v) is 7.67. The van der Waals surface area contributed by atoms with Crippen LogP contribution in [0.4, 0.5) is 0 Å². The second-order valence-electron chi connectivity index (χ2n) is 7.67. The SMILES string of the molecule is CC1OC(OC=Cc2c(O)cc3oc(-c4ccc(O)cc4)cc(=O)c3c2O)C(O)C(O)C1O. The van der Waals surface area contributed by atoms with Gasteiger partial charge in [0.15, 0.2) is 5.43 Å². The lowest BCUT2D eigenvalue weighted by molar-refractivity contribution is -0.278. The molecule has 0 saturated carbocycles. The Kier molecular flexibility index (Phi) is 6.00. The summed E-state index contributed by atoms with van der Waals surface area (Å²) in [5, 5.41) is 59.8. The van der Waals surface area contributed by atoms with Crippen molar-refractivity contribution >= 4 is 17.0 Å². The van der Waals surface area contributed by atoms with Crippen molar-refractivity contribution in [3.8, 4) is 28.6 Å². The van der Waals surface area contributed by atoms with Crippen molar-refractivity contribution in [3.05, 3.63) is 58.4 Å². The van der Waals surface area contributed by atoms with Gasteiger partial charge >= 0.3 is 0 Å².